The second kappa shape index (κ2) is 5.77. The van der Waals surface area contributed by atoms with Crippen LogP contribution in [0.2, 0.25) is 0 Å². The molecule has 3 aromatic rings. The van der Waals surface area contributed by atoms with Crippen molar-refractivity contribution in [3.8, 4) is 10.4 Å². The minimum atomic E-state index is -0.103. The molecule has 112 valence electrons. The summed E-state index contributed by atoms with van der Waals surface area (Å²) in [6, 6.07) is 11.5. The average Bonchev–Trinajstić information content (AvgIpc) is 3.06. The lowest BCUT2D eigenvalue weighted by Crippen LogP contribution is -2.09. The first-order valence-electron chi connectivity index (χ1n) is 6.95. The maximum absolute atomic E-state index is 12.3. The van der Waals surface area contributed by atoms with Crippen molar-refractivity contribution in [3.63, 3.8) is 0 Å². The highest BCUT2D eigenvalue weighted by molar-refractivity contribution is 7.17. The first kappa shape index (κ1) is 14.5. The van der Waals surface area contributed by atoms with Gasteiger partial charge in [0.15, 0.2) is 0 Å². The predicted octanol–water partition coefficient (Wildman–Crippen LogP) is 4.58. The number of benzene rings is 1. The standard InChI is InChI=1S/C17H16N2O2S/c1-10-5-4-6-13(9-10)18-17(20)15-8-7-14(22-15)16-11(2)19-21-12(16)3/h4-9H,1-3H3,(H,18,20). The Kier molecular flexibility index (Phi) is 3.81. The van der Waals surface area contributed by atoms with Gasteiger partial charge in [-0.2, -0.15) is 0 Å². The number of hydrogen-bond donors (Lipinski definition) is 1. The Balaban J connectivity index is 1.83. The maximum atomic E-state index is 12.3. The topological polar surface area (TPSA) is 55.1 Å². The number of nitrogens with zero attached hydrogens (tertiary/aromatic N) is 1. The number of hydrogen-bond acceptors (Lipinski definition) is 4. The van der Waals surface area contributed by atoms with E-state index in [2.05, 4.69) is 10.5 Å². The summed E-state index contributed by atoms with van der Waals surface area (Å²) < 4.78 is 5.18. The SMILES string of the molecule is Cc1cccc(NC(=O)c2ccc(-c3c(C)noc3C)s2)c1. The molecule has 0 unspecified atom stereocenters. The molecule has 2 heterocycles. The molecule has 0 bridgehead atoms. The van der Waals surface area contributed by atoms with E-state index >= 15 is 0 Å². The van der Waals surface area contributed by atoms with E-state index in [1.807, 2.05) is 57.2 Å². The van der Waals surface area contributed by atoms with E-state index in [1.54, 1.807) is 0 Å². The van der Waals surface area contributed by atoms with Gasteiger partial charge in [0.2, 0.25) is 0 Å². The summed E-state index contributed by atoms with van der Waals surface area (Å²) in [6.45, 7) is 5.77. The van der Waals surface area contributed by atoms with Crippen LogP contribution in [0, 0.1) is 20.8 Å². The van der Waals surface area contributed by atoms with Gasteiger partial charge in [0.25, 0.3) is 5.91 Å². The monoisotopic (exact) mass is 312 g/mol. The molecule has 22 heavy (non-hydrogen) atoms. The molecule has 1 N–H and O–H groups in total. The van der Waals surface area contributed by atoms with Gasteiger partial charge in [-0.15, -0.1) is 11.3 Å². The van der Waals surface area contributed by atoms with E-state index in [0.29, 0.717) is 4.88 Å². The van der Waals surface area contributed by atoms with Crippen molar-refractivity contribution >= 4 is 22.9 Å². The van der Waals surface area contributed by atoms with Gasteiger partial charge in [0.05, 0.1) is 16.1 Å². The van der Waals surface area contributed by atoms with Crippen molar-refractivity contribution < 1.29 is 9.32 Å². The Morgan fingerprint density at radius 2 is 2.00 bits per heavy atom. The third-order valence-corrected chi connectivity index (χ3v) is 4.49. The molecule has 0 radical (unpaired) electrons. The molecule has 0 aliphatic heterocycles. The Morgan fingerprint density at radius 1 is 1.18 bits per heavy atom. The molecule has 0 spiro atoms. The molecular weight excluding hydrogens is 296 g/mol. The fourth-order valence-corrected chi connectivity index (χ4v) is 3.39. The molecule has 2 aromatic heterocycles. The predicted molar refractivity (Wildman–Crippen MR) is 88.4 cm³/mol. The zero-order valence-corrected chi connectivity index (χ0v) is 13.5. The first-order chi connectivity index (χ1) is 10.5. The minimum absolute atomic E-state index is 0.103. The first-order valence-corrected chi connectivity index (χ1v) is 7.77. The van der Waals surface area contributed by atoms with E-state index in [-0.39, 0.29) is 5.91 Å². The number of rotatable bonds is 3. The molecule has 0 fully saturated rings. The summed E-state index contributed by atoms with van der Waals surface area (Å²) in [5.41, 5.74) is 3.72. The fraction of sp³-hybridized carbons (Fsp3) is 0.176. The van der Waals surface area contributed by atoms with Crippen LogP contribution in [-0.2, 0) is 0 Å². The molecule has 0 aliphatic carbocycles. The van der Waals surface area contributed by atoms with Crippen molar-refractivity contribution in [1.82, 2.24) is 5.16 Å². The van der Waals surface area contributed by atoms with E-state index in [0.717, 1.165) is 33.1 Å². The molecule has 0 atom stereocenters. The van der Waals surface area contributed by atoms with Crippen LogP contribution in [0.5, 0.6) is 0 Å². The molecule has 4 nitrogen and oxygen atoms in total. The molecular formula is C17H16N2O2S. The quantitative estimate of drug-likeness (QED) is 0.770. The van der Waals surface area contributed by atoms with E-state index in [1.165, 1.54) is 11.3 Å². The zero-order valence-electron chi connectivity index (χ0n) is 12.6. The Bertz CT molecular complexity index is 813. The third-order valence-electron chi connectivity index (χ3n) is 3.39. The Morgan fingerprint density at radius 3 is 2.68 bits per heavy atom. The van der Waals surface area contributed by atoms with Gasteiger partial charge in [-0.25, -0.2) is 0 Å². The summed E-state index contributed by atoms with van der Waals surface area (Å²) in [7, 11) is 0. The number of thiophene rings is 1. The fourth-order valence-electron chi connectivity index (χ4n) is 2.34. The van der Waals surface area contributed by atoms with Gasteiger partial charge in [-0.3, -0.25) is 4.79 Å². The highest BCUT2D eigenvalue weighted by Gasteiger charge is 2.16. The second-order valence-electron chi connectivity index (χ2n) is 5.19. The largest absolute Gasteiger partial charge is 0.361 e. The van der Waals surface area contributed by atoms with Crippen molar-refractivity contribution in [2.45, 2.75) is 20.8 Å². The molecule has 0 saturated carbocycles. The lowest BCUT2D eigenvalue weighted by molar-refractivity contribution is 0.103. The smallest absolute Gasteiger partial charge is 0.265 e. The number of aromatic nitrogens is 1. The van der Waals surface area contributed by atoms with E-state index < -0.39 is 0 Å². The Labute approximate surface area is 132 Å². The molecule has 0 aliphatic rings. The van der Waals surface area contributed by atoms with Crippen LogP contribution < -0.4 is 5.32 Å². The van der Waals surface area contributed by atoms with E-state index in [9.17, 15) is 4.79 Å². The van der Waals surface area contributed by atoms with Gasteiger partial charge < -0.3 is 9.84 Å². The van der Waals surface area contributed by atoms with Crippen molar-refractivity contribution in [2.24, 2.45) is 0 Å². The third kappa shape index (κ3) is 2.80. The highest BCUT2D eigenvalue weighted by atomic mass is 32.1. The number of carbonyl (C=O) groups is 1. The molecule has 0 saturated heterocycles. The van der Waals surface area contributed by atoms with Crippen LogP contribution >= 0.6 is 11.3 Å². The van der Waals surface area contributed by atoms with Crippen LogP contribution in [-0.4, -0.2) is 11.1 Å². The number of carbonyl (C=O) groups excluding carboxylic acids is 1. The number of anilines is 1. The van der Waals surface area contributed by atoms with Gasteiger partial charge in [0, 0.05) is 10.6 Å². The normalized spacial score (nSPS) is 10.7. The molecule has 5 heteroatoms. The zero-order chi connectivity index (χ0) is 15.7. The summed E-state index contributed by atoms with van der Waals surface area (Å²) in [4.78, 5) is 14.0. The second-order valence-corrected chi connectivity index (χ2v) is 6.27. The molecule has 1 amide bonds. The van der Waals surface area contributed by atoms with Crippen LogP contribution in [0.4, 0.5) is 5.69 Å². The summed E-state index contributed by atoms with van der Waals surface area (Å²) in [6.07, 6.45) is 0. The highest BCUT2D eigenvalue weighted by Crippen LogP contribution is 2.33. The van der Waals surface area contributed by atoms with Crippen LogP contribution in [0.15, 0.2) is 40.9 Å². The number of nitrogens with one attached hydrogen (secondary N) is 1. The van der Waals surface area contributed by atoms with Gasteiger partial charge in [-0.1, -0.05) is 17.3 Å². The lowest BCUT2D eigenvalue weighted by atomic mass is 10.2. The number of amides is 1. The molecule has 3 rings (SSSR count). The molecule has 1 aromatic carbocycles. The summed E-state index contributed by atoms with van der Waals surface area (Å²) >= 11 is 1.44. The van der Waals surface area contributed by atoms with Crippen LogP contribution in [0.1, 0.15) is 26.7 Å². The van der Waals surface area contributed by atoms with Gasteiger partial charge >= 0.3 is 0 Å². The van der Waals surface area contributed by atoms with E-state index in [4.69, 9.17) is 4.52 Å². The minimum Gasteiger partial charge on any atom is -0.361 e. The van der Waals surface area contributed by atoms with Gasteiger partial charge in [-0.05, 0) is 50.6 Å². The Hall–Kier alpha value is -2.40. The van der Waals surface area contributed by atoms with Gasteiger partial charge in [0.1, 0.15) is 5.76 Å². The lowest BCUT2D eigenvalue weighted by Gasteiger charge is -2.04. The van der Waals surface area contributed by atoms with Crippen molar-refractivity contribution in [1.29, 1.82) is 0 Å². The average molecular weight is 312 g/mol. The maximum Gasteiger partial charge on any atom is 0.265 e. The number of aryl methyl sites for hydroxylation is 3. The summed E-state index contributed by atoms with van der Waals surface area (Å²) in [5.74, 6) is 0.665. The van der Waals surface area contributed by atoms with Crippen molar-refractivity contribution in [2.75, 3.05) is 5.32 Å². The summed E-state index contributed by atoms with van der Waals surface area (Å²) in [5, 5.41) is 6.87. The van der Waals surface area contributed by atoms with Crippen LogP contribution in [0.3, 0.4) is 0 Å². The van der Waals surface area contributed by atoms with Crippen LogP contribution in [0.25, 0.3) is 10.4 Å². The van der Waals surface area contributed by atoms with Crippen molar-refractivity contribution in [3.05, 3.63) is 58.3 Å².